The molecule has 1 aromatic heterocycles. The molecule has 0 saturated carbocycles. The Balaban J connectivity index is 2.07. The molecule has 1 fully saturated rings. The fraction of sp³-hybridized carbons (Fsp3) is 0.625. The summed E-state index contributed by atoms with van der Waals surface area (Å²) in [7, 11) is 0. The minimum atomic E-state index is -0.293. The predicted octanol–water partition coefficient (Wildman–Crippen LogP) is 2.13. The van der Waals surface area contributed by atoms with Crippen molar-refractivity contribution in [2.75, 3.05) is 18.4 Å². The summed E-state index contributed by atoms with van der Waals surface area (Å²) in [6.07, 6.45) is 3.12. The summed E-state index contributed by atoms with van der Waals surface area (Å²) in [5, 5.41) is 12.9. The third kappa shape index (κ3) is 3.94. The topological polar surface area (TPSA) is 65.5 Å². The summed E-state index contributed by atoms with van der Waals surface area (Å²) in [6, 6.07) is 3.84. The van der Waals surface area contributed by atoms with E-state index in [1.54, 1.807) is 12.3 Å². The van der Waals surface area contributed by atoms with E-state index < -0.39 is 0 Å². The Bertz CT molecular complexity index is 480. The molecule has 5 nitrogen and oxygen atoms in total. The van der Waals surface area contributed by atoms with Crippen LogP contribution < -0.4 is 5.32 Å². The SMILES string of the molecule is CC(C)Nc1ncccc1C(=O)N1CCC(C(C)O)CC1. The van der Waals surface area contributed by atoms with Gasteiger partial charge in [-0.15, -0.1) is 0 Å². The van der Waals surface area contributed by atoms with Crippen LogP contribution >= 0.6 is 0 Å². The zero-order chi connectivity index (χ0) is 15.4. The molecule has 1 aliphatic heterocycles. The van der Waals surface area contributed by atoms with E-state index >= 15 is 0 Å². The Morgan fingerprint density at radius 2 is 2.05 bits per heavy atom. The van der Waals surface area contributed by atoms with Crippen LogP contribution in [0.25, 0.3) is 0 Å². The molecule has 1 saturated heterocycles. The van der Waals surface area contributed by atoms with E-state index in [4.69, 9.17) is 0 Å². The highest BCUT2D eigenvalue weighted by Gasteiger charge is 2.27. The number of pyridine rings is 1. The number of nitrogens with one attached hydrogen (secondary N) is 1. The van der Waals surface area contributed by atoms with Gasteiger partial charge in [-0.1, -0.05) is 0 Å². The van der Waals surface area contributed by atoms with E-state index in [-0.39, 0.29) is 18.1 Å². The van der Waals surface area contributed by atoms with Crippen LogP contribution in [0.4, 0.5) is 5.82 Å². The van der Waals surface area contributed by atoms with Crippen molar-refractivity contribution in [3.8, 4) is 0 Å². The number of nitrogens with zero attached hydrogens (tertiary/aromatic N) is 2. The van der Waals surface area contributed by atoms with Crippen molar-refractivity contribution in [3.05, 3.63) is 23.9 Å². The van der Waals surface area contributed by atoms with Crippen LogP contribution in [-0.4, -0.2) is 46.1 Å². The highest BCUT2D eigenvalue weighted by Crippen LogP contribution is 2.23. The second kappa shape index (κ2) is 6.89. The van der Waals surface area contributed by atoms with E-state index in [1.807, 2.05) is 31.7 Å². The smallest absolute Gasteiger partial charge is 0.257 e. The largest absolute Gasteiger partial charge is 0.393 e. The fourth-order valence-electron chi connectivity index (χ4n) is 2.72. The normalized spacial score (nSPS) is 17.9. The van der Waals surface area contributed by atoms with Crippen molar-refractivity contribution in [1.82, 2.24) is 9.88 Å². The molecular formula is C16H25N3O2. The Labute approximate surface area is 126 Å². The van der Waals surface area contributed by atoms with Gasteiger partial charge in [-0.2, -0.15) is 0 Å². The van der Waals surface area contributed by atoms with Crippen LogP contribution in [-0.2, 0) is 0 Å². The summed E-state index contributed by atoms with van der Waals surface area (Å²) in [5.74, 6) is 0.974. The molecule has 2 rings (SSSR count). The molecule has 0 spiro atoms. The zero-order valence-electron chi connectivity index (χ0n) is 13.0. The van der Waals surface area contributed by atoms with Crippen LogP contribution in [0.15, 0.2) is 18.3 Å². The molecule has 1 unspecified atom stereocenters. The van der Waals surface area contributed by atoms with E-state index in [2.05, 4.69) is 10.3 Å². The van der Waals surface area contributed by atoms with Crippen molar-refractivity contribution >= 4 is 11.7 Å². The summed E-state index contributed by atoms with van der Waals surface area (Å²) < 4.78 is 0. The van der Waals surface area contributed by atoms with Gasteiger partial charge < -0.3 is 15.3 Å². The first-order chi connectivity index (χ1) is 9.99. The summed E-state index contributed by atoms with van der Waals surface area (Å²) >= 11 is 0. The van der Waals surface area contributed by atoms with Gasteiger partial charge in [0.15, 0.2) is 0 Å². The number of carbonyl (C=O) groups excluding carboxylic acids is 1. The number of hydrogen-bond donors (Lipinski definition) is 2. The van der Waals surface area contributed by atoms with Crippen molar-refractivity contribution in [2.24, 2.45) is 5.92 Å². The maximum Gasteiger partial charge on any atom is 0.257 e. The first-order valence-corrected chi connectivity index (χ1v) is 7.68. The molecule has 0 aromatic carbocycles. The van der Waals surface area contributed by atoms with Gasteiger partial charge in [-0.3, -0.25) is 4.79 Å². The molecule has 1 aromatic rings. The average Bonchev–Trinajstić information content (AvgIpc) is 2.46. The molecule has 1 atom stereocenters. The standard InChI is InChI=1S/C16H25N3O2/c1-11(2)18-15-14(5-4-8-17-15)16(21)19-9-6-13(7-10-19)12(3)20/h4-5,8,11-13,20H,6-7,9-10H2,1-3H3,(H,17,18). The van der Waals surface area contributed by atoms with Crippen LogP contribution in [0.1, 0.15) is 44.0 Å². The monoisotopic (exact) mass is 291 g/mol. The molecule has 1 aliphatic rings. The van der Waals surface area contributed by atoms with E-state index in [9.17, 15) is 9.90 Å². The fourth-order valence-corrected chi connectivity index (χ4v) is 2.72. The molecule has 2 N–H and O–H groups in total. The second-order valence-corrected chi connectivity index (χ2v) is 6.07. The number of aliphatic hydroxyl groups is 1. The maximum atomic E-state index is 12.7. The van der Waals surface area contributed by atoms with Crippen LogP contribution in [0.2, 0.25) is 0 Å². The number of anilines is 1. The van der Waals surface area contributed by atoms with E-state index in [0.29, 0.717) is 30.4 Å². The van der Waals surface area contributed by atoms with Gasteiger partial charge in [-0.25, -0.2) is 4.98 Å². The van der Waals surface area contributed by atoms with Gasteiger partial charge in [0.2, 0.25) is 0 Å². The number of aliphatic hydroxyl groups excluding tert-OH is 1. The van der Waals surface area contributed by atoms with Gasteiger partial charge in [0.05, 0.1) is 11.7 Å². The highest BCUT2D eigenvalue weighted by atomic mass is 16.3. The first-order valence-electron chi connectivity index (χ1n) is 7.68. The summed E-state index contributed by atoms with van der Waals surface area (Å²) in [4.78, 5) is 18.8. The number of amides is 1. The number of rotatable bonds is 4. The first kappa shape index (κ1) is 15.8. The number of likely N-dealkylation sites (tertiary alicyclic amines) is 1. The van der Waals surface area contributed by atoms with Crippen molar-refractivity contribution in [2.45, 2.75) is 45.8 Å². The molecule has 0 aliphatic carbocycles. The number of hydrogen-bond acceptors (Lipinski definition) is 4. The Morgan fingerprint density at radius 3 is 2.62 bits per heavy atom. The van der Waals surface area contributed by atoms with Gasteiger partial charge in [0.1, 0.15) is 5.82 Å². The van der Waals surface area contributed by atoms with E-state index in [0.717, 1.165) is 12.8 Å². The molecule has 0 radical (unpaired) electrons. The molecule has 0 bridgehead atoms. The molecule has 116 valence electrons. The second-order valence-electron chi connectivity index (χ2n) is 6.07. The zero-order valence-corrected chi connectivity index (χ0v) is 13.0. The number of carbonyl (C=O) groups is 1. The summed E-state index contributed by atoms with van der Waals surface area (Å²) in [5.41, 5.74) is 0.627. The van der Waals surface area contributed by atoms with Gasteiger partial charge >= 0.3 is 0 Å². The van der Waals surface area contributed by atoms with Gasteiger partial charge in [0, 0.05) is 25.3 Å². The quantitative estimate of drug-likeness (QED) is 0.892. The molecule has 5 heteroatoms. The third-order valence-corrected chi connectivity index (χ3v) is 3.97. The van der Waals surface area contributed by atoms with Crippen LogP contribution in [0, 0.1) is 5.92 Å². The predicted molar refractivity (Wildman–Crippen MR) is 83.3 cm³/mol. The van der Waals surface area contributed by atoms with Crippen LogP contribution in [0.5, 0.6) is 0 Å². The molecular weight excluding hydrogens is 266 g/mol. The number of aromatic nitrogens is 1. The van der Waals surface area contributed by atoms with Crippen molar-refractivity contribution in [1.29, 1.82) is 0 Å². The molecule has 21 heavy (non-hydrogen) atoms. The lowest BCUT2D eigenvalue weighted by molar-refractivity contribution is 0.0522. The minimum Gasteiger partial charge on any atom is -0.393 e. The minimum absolute atomic E-state index is 0.0234. The summed E-state index contributed by atoms with van der Waals surface area (Å²) in [6.45, 7) is 7.27. The lowest BCUT2D eigenvalue weighted by Crippen LogP contribution is -2.41. The molecule has 2 heterocycles. The Kier molecular flexibility index (Phi) is 5.17. The lowest BCUT2D eigenvalue weighted by Gasteiger charge is -2.33. The average molecular weight is 291 g/mol. The van der Waals surface area contributed by atoms with Crippen LogP contribution in [0.3, 0.4) is 0 Å². The Hall–Kier alpha value is -1.62. The lowest BCUT2D eigenvalue weighted by atomic mass is 9.92. The van der Waals surface area contributed by atoms with Crippen molar-refractivity contribution in [3.63, 3.8) is 0 Å². The van der Waals surface area contributed by atoms with E-state index in [1.165, 1.54) is 0 Å². The van der Waals surface area contributed by atoms with Gasteiger partial charge in [-0.05, 0) is 51.7 Å². The van der Waals surface area contributed by atoms with Gasteiger partial charge in [0.25, 0.3) is 5.91 Å². The molecule has 1 amide bonds. The highest BCUT2D eigenvalue weighted by molar-refractivity contribution is 5.98. The number of piperidine rings is 1. The van der Waals surface area contributed by atoms with Crippen molar-refractivity contribution < 1.29 is 9.90 Å². The third-order valence-electron chi connectivity index (χ3n) is 3.97. The maximum absolute atomic E-state index is 12.7. The Morgan fingerprint density at radius 1 is 1.38 bits per heavy atom.